The van der Waals surface area contributed by atoms with Gasteiger partial charge in [0.25, 0.3) is 0 Å². The van der Waals surface area contributed by atoms with Gasteiger partial charge in [-0.2, -0.15) is 5.26 Å². The molecule has 0 spiro atoms. The first kappa shape index (κ1) is 14.7. The van der Waals surface area contributed by atoms with E-state index in [2.05, 4.69) is 15.6 Å². The van der Waals surface area contributed by atoms with Crippen LogP contribution >= 0.6 is 0 Å². The summed E-state index contributed by atoms with van der Waals surface area (Å²) in [6.07, 6.45) is 1.74. The van der Waals surface area contributed by atoms with Crippen molar-refractivity contribution in [2.75, 3.05) is 37.9 Å². The molecule has 7 nitrogen and oxygen atoms in total. The van der Waals surface area contributed by atoms with Gasteiger partial charge < -0.3 is 21.1 Å². The minimum atomic E-state index is -0.0724. The van der Waals surface area contributed by atoms with E-state index < -0.39 is 0 Å². The summed E-state index contributed by atoms with van der Waals surface area (Å²) in [5.74, 6) is 0.403. The Kier molecular flexibility index (Phi) is 6.12. The fourth-order valence-electron chi connectivity index (χ4n) is 1.37. The van der Waals surface area contributed by atoms with Crippen molar-refractivity contribution in [3.05, 3.63) is 17.8 Å². The summed E-state index contributed by atoms with van der Waals surface area (Å²) in [6.45, 7) is 1.40. The summed E-state index contributed by atoms with van der Waals surface area (Å²) in [5.41, 5.74) is 6.51. The highest BCUT2D eigenvalue weighted by atomic mass is 16.5. The van der Waals surface area contributed by atoms with Crippen LogP contribution in [-0.4, -0.2) is 37.7 Å². The number of aromatic nitrogens is 1. The predicted molar refractivity (Wildman–Crippen MR) is 71.4 cm³/mol. The number of nitrogens with two attached hydrogens (primary N) is 1. The van der Waals surface area contributed by atoms with Crippen LogP contribution in [0.1, 0.15) is 12.0 Å². The monoisotopic (exact) mass is 263 g/mol. The smallest absolute Gasteiger partial charge is 0.221 e. The molecule has 0 aromatic carbocycles. The zero-order valence-corrected chi connectivity index (χ0v) is 10.8. The van der Waals surface area contributed by atoms with E-state index in [0.29, 0.717) is 43.2 Å². The van der Waals surface area contributed by atoms with Gasteiger partial charge in [0.1, 0.15) is 11.9 Å². The van der Waals surface area contributed by atoms with Crippen LogP contribution in [0.3, 0.4) is 0 Å². The third kappa shape index (κ3) is 5.23. The molecule has 1 amide bonds. The van der Waals surface area contributed by atoms with Gasteiger partial charge in [-0.3, -0.25) is 4.79 Å². The third-order valence-corrected chi connectivity index (χ3v) is 2.32. The molecule has 0 unspecified atom stereocenters. The van der Waals surface area contributed by atoms with Crippen molar-refractivity contribution in [2.24, 2.45) is 0 Å². The first-order valence-electron chi connectivity index (χ1n) is 5.82. The predicted octanol–water partition coefficient (Wildman–Crippen LogP) is 0.100. The van der Waals surface area contributed by atoms with E-state index in [-0.39, 0.29) is 5.91 Å². The summed E-state index contributed by atoms with van der Waals surface area (Å²) in [7, 11) is 1.58. The topological polar surface area (TPSA) is 113 Å². The number of nitrogens with zero attached hydrogens (tertiary/aromatic N) is 2. The van der Waals surface area contributed by atoms with E-state index in [1.165, 1.54) is 12.3 Å². The number of hydrogen-bond acceptors (Lipinski definition) is 6. The number of ether oxygens (including phenoxy) is 1. The van der Waals surface area contributed by atoms with Crippen LogP contribution in [0, 0.1) is 11.3 Å². The Morgan fingerprint density at radius 1 is 1.58 bits per heavy atom. The molecule has 0 radical (unpaired) electrons. The molecule has 0 bridgehead atoms. The Balaban J connectivity index is 2.33. The summed E-state index contributed by atoms with van der Waals surface area (Å²) >= 11 is 0. The van der Waals surface area contributed by atoms with Crippen molar-refractivity contribution < 1.29 is 9.53 Å². The van der Waals surface area contributed by atoms with E-state index in [9.17, 15) is 4.79 Å². The minimum Gasteiger partial charge on any atom is -0.396 e. The van der Waals surface area contributed by atoms with Crippen LogP contribution in [0.5, 0.6) is 0 Å². The van der Waals surface area contributed by atoms with Gasteiger partial charge in [0.2, 0.25) is 5.91 Å². The SMILES string of the molecule is COCCNC(=O)CCNc1ncc(C#N)cc1N. The number of nitrogen functional groups attached to an aromatic ring is 1. The van der Waals surface area contributed by atoms with Gasteiger partial charge in [-0.15, -0.1) is 0 Å². The molecule has 0 atom stereocenters. The largest absolute Gasteiger partial charge is 0.396 e. The molecule has 7 heteroatoms. The van der Waals surface area contributed by atoms with E-state index in [1.807, 2.05) is 6.07 Å². The molecule has 19 heavy (non-hydrogen) atoms. The lowest BCUT2D eigenvalue weighted by molar-refractivity contribution is -0.121. The Morgan fingerprint density at radius 3 is 3.00 bits per heavy atom. The second kappa shape index (κ2) is 7.89. The zero-order chi connectivity index (χ0) is 14.1. The summed E-state index contributed by atoms with van der Waals surface area (Å²) in [4.78, 5) is 15.4. The van der Waals surface area contributed by atoms with Crippen molar-refractivity contribution in [3.8, 4) is 6.07 Å². The van der Waals surface area contributed by atoms with Crippen LogP contribution in [0.25, 0.3) is 0 Å². The number of nitriles is 1. The maximum atomic E-state index is 11.4. The Labute approximate surface area is 111 Å². The lowest BCUT2D eigenvalue weighted by Gasteiger charge is -2.08. The Hall–Kier alpha value is -2.33. The normalized spacial score (nSPS) is 9.68. The average Bonchev–Trinajstić information content (AvgIpc) is 2.41. The van der Waals surface area contributed by atoms with Crippen molar-refractivity contribution in [3.63, 3.8) is 0 Å². The number of nitrogens with one attached hydrogen (secondary N) is 2. The Morgan fingerprint density at radius 2 is 2.37 bits per heavy atom. The number of methoxy groups -OCH3 is 1. The molecular formula is C12H17N5O2. The molecule has 1 aromatic rings. The number of carbonyl (C=O) groups is 1. The first-order chi connectivity index (χ1) is 9.17. The van der Waals surface area contributed by atoms with Crippen molar-refractivity contribution in [1.29, 1.82) is 5.26 Å². The molecular weight excluding hydrogens is 246 g/mol. The molecule has 0 saturated heterocycles. The number of pyridine rings is 1. The van der Waals surface area contributed by atoms with Gasteiger partial charge in [0, 0.05) is 32.8 Å². The van der Waals surface area contributed by atoms with Gasteiger partial charge in [0.05, 0.1) is 17.9 Å². The molecule has 1 aromatic heterocycles. The number of rotatable bonds is 7. The van der Waals surface area contributed by atoms with E-state index in [4.69, 9.17) is 15.7 Å². The van der Waals surface area contributed by atoms with Gasteiger partial charge in [-0.1, -0.05) is 0 Å². The van der Waals surface area contributed by atoms with Crippen LogP contribution in [0.4, 0.5) is 11.5 Å². The van der Waals surface area contributed by atoms with Crippen LogP contribution < -0.4 is 16.4 Å². The molecule has 1 rings (SSSR count). The van der Waals surface area contributed by atoms with E-state index in [1.54, 1.807) is 7.11 Å². The molecule has 0 saturated carbocycles. The number of amides is 1. The number of carbonyl (C=O) groups excluding carboxylic acids is 1. The van der Waals surface area contributed by atoms with E-state index >= 15 is 0 Å². The fraction of sp³-hybridized carbons (Fsp3) is 0.417. The van der Waals surface area contributed by atoms with Gasteiger partial charge in [0.15, 0.2) is 0 Å². The molecule has 1 heterocycles. The van der Waals surface area contributed by atoms with Gasteiger partial charge in [-0.05, 0) is 6.07 Å². The minimum absolute atomic E-state index is 0.0724. The van der Waals surface area contributed by atoms with Crippen molar-refractivity contribution in [1.82, 2.24) is 10.3 Å². The first-order valence-corrected chi connectivity index (χ1v) is 5.82. The highest BCUT2D eigenvalue weighted by molar-refractivity contribution is 5.76. The molecule has 102 valence electrons. The van der Waals surface area contributed by atoms with Crippen molar-refractivity contribution in [2.45, 2.75) is 6.42 Å². The zero-order valence-electron chi connectivity index (χ0n) is 10.8. The quantitative estimate of drug-likeness (QED) is 0.601. The molecule has 0 aliphatic heterocycles. The molecule has 0 aliphatic rings. The summed E-state index contributed by atoms with van der Waals surface area (Å²) < 4.78 is 4.82. The number of anilines is 2. The van der Waals surface area contributed by atoms with Crippen LogP contribution in [-0.2, 0) is 9.53 Å². The molecule has 4 N–H and O–H groups in total. The fourth-order valence-corrected chi connectivity index (χ4v) is 1.37. The highest BCUT2D eigenvalue weighted by Crippen LogP contribution is 2.15. The molecule has 0 aliphatic carbocycles. The van der Waals surface area contributed by atoms with E-state index in [0.717, 1.165) is 0 Å². The van der Waals surface area contributed by atoms with Crippen LogP contribution in [0.2, 0.25) is 0 Å². The van der Waals surface area contributed by atoms with Gasteiger partial charge >= 0.3 is 0 Å². The lowest BCUT2D eigenvalue weighted by Crippen LogP contribution is -2.28. The maximum Gasteiger partial charge on any atom is 0.221 e. The Bertz CT molecular complexity index is 470. The number of hydrogen-bond donors (Lipinski definition) is 3. The van der Waals surface area contributed by atoms with Crippen molar-refractivity contribution >= 4 is 17.4 Å². The van der Waals surface area contributed by atoms with Crippen LogP contribution in [0.15, 0.2) is 12.3 Å². The second-order valence-electron chi connectivity index (χ2n) is 3.79. The third-order valence-electron chi connectivity index (χ3n) is 2.32. The van der Waals surface area contributed by atoms with Gasteiger partial charge in [-0.25, -0.2) is 4.98 Å². The summed E-state index contributed by atoms with van der Waals surface area (Å²) in [6, 6.07) is 3.49. The average molecular weight is 263 g/mol. The highest BCUT2D eigenvalue weighted by Gasteiger charge is 2.04. The molecule has 0 fully saturated rings. The summed E-state index contributed by atoms with van der Waals surface area (Å²) in [5, 5.41) is 14.3. The maximum absolute atomic E-state index is 11.4. The standard InChI is InChI=1S/C12H17N5O2/c1-19-5-4-15-11(18)2-3-16-12-10(14)6-9(7-13)8-17-12/h6,8H,2-5,14H2,1H3,(H,15,18)(H,16,17). The second-order valence-corrected chi connectivity index (χ2v) is 3.79. The lowest BCUT2D eigenvalue weighted by atomic mass is 10.2.